The topological polar surface area (TPSA) is 98.5 Å². The van der Waals surface area contributed by atoms with Gasteiger partial charge in [-0.2, -0.15) is 0 Å². The van der Waals surface area contributed by atoms with Crippen LogP contribution in [-0.2, 0) is 9.53 Å². The predicted molar refractivity (Wildman–Crippen MR) is 87.5 cm³/mol. The lowest BCUT2D eigenvalue weighted by Crippen LogP contribution is -2.30. The maximum atomic E-state index is 12.1. The number of thiophene rings is 1. The van der Waals surface area contributed by atoms with Gasteiger partial charge in [-0.3, -0.25) is 9.59 Å². The van der Waals surface area contributed by atoms with Crippen LogP contribution >= 0.6 is 11.3 Å². The van der Waals surface area contributed by atoms with E-state index in [9.17, 15) is 14.4 Å². The van der Waals surface area contributed by atoms with Gasteiger partial charge in [0.25, 0.3) is 11.8 Å². The molecular weight excluding hydrogens is 316 g/mol. The molecular formula is C16H16N2O4S. The highest BCUT2D eigenvalue weighted by atomic mass is 32.1. The van der Waals surface area contributed by atoms with Gasteiger partial charge in [-0.15, -0.1) is 11.3 Å². The van der Waals surface area contributed by atoms with Gasteiger partial charge in [0, 0.05) is 0 Å². The molecule has 23 heavy (non-hydrogen) atoms. The molecule has 6 nitrogen and oxygen atoms in total. The lowest BCUT2D eigenvalue weighted by molar-refractivity contribution is -0.123. The number of hydrogen-bond acceptors (Lipinski definition) is 5. The number of hydrogen-bond donors (Lipinski definition) is 2. The summed E-state index contributed by atoms with van der Waals surface area (Å²) in [4.78, 5) is 35.3. The van der Waals surface area contributed by atoms with E-state index in [0.29, 0.717) is 10.6 Å². The molecule has 0 fully saturated rings. The molecule has 1 aromatic carbocycles. The zero-order chi connectivity index (χ0) is 17.0. The molecule has 2 aromatic rings. The Kier molecular flexibility index (Phi) is 5.13. The maximum Gasteiger partial charge on any atom is 0.338 e. The number of anilines is 1. The van der Waals surface area contributed by atoms with E-state index in [1.165, 1.54) is 24.3 Å². The monoisotopic (exact) mass is 332 g/mol. The first-order valence-electron chi connectivity index (χ1n) is 6.84. The van der Waals surface area contributed by atoms with Crippen molar-refractivity contribution in [2.75, 3.05) is 5.32 Å². The van der Waals surface area contributed by atoms with Gasteiger partial charge in [0.2, 0.25) is 0 Å². The number of primary amides is 1. The second-order valence-corrected chi connectivity index (χ2v) is 5.85. The Bertz CT molecular complexity index is 754. The molecule has 1 unspecified atom stereocenters. The lowest BCUT2D eigenvalue weighted by Gasteiger charge is -2.13. The summed E-state index contributed by atoms with van der Waals surface area (Å²) >= 11 is 1.17. The van der Waals surface area contributed by atoms with Crippen LogP contribution in [-0.4, -0.2) is 23.9 Å². The summed E-state index contributed by atoms with van der Waals surface area (Å²) in [5.74, 6) is -1.75. The summed E-state index contributed by atoms with van der Waals surface area (Å²) in [5.41, 5.74) is 6.73. The van der Waals surface area contributed by atoms with E-state index in [2.05, 4.69) is 5.32 Å². The highest BCUT2D eigenvalue weighted by molar-refractivity contribution is 7.14. The van der Waals surface area contributed by atoms with Gasteiger partial charge in [-0.1, -0.05) is 17.7 Å². The fraction of sp³-hybridized carbons (Fsp3) is 0.188. The molecule has 3 N–H and O–H groups in total. The van der Waals surface area contributed by atoms with Gasteiger partial charge >= 0.3 is 5.97 Å². The zero-order valence-corrected chi connectivity index (χ0v) is 13.5. The Labute approximate surface area is 137 Å². The summed E-state index contributed by atoms with van der Waals surface area (Å²) in [5, 5.41) is 4.51. The molecule has 2 rings (SSSR count). The summed E-state index contributed by atoms with van der Waals surface area (Å²) in [7, 11) is 0. The van der Waals surface area contributed by atoms with Crippen LogP contribution in [0.4, 0.5) is 5.00 Å². The number of nitrogens with two attached hydrogens (primary N) is 1. The first kappa shape index (κ1) is 16.7. The average molecular weight is 332 g/mol. The Morgan fingerprint density at radius 1 is 1.26 bits per heavy atom. The molecule has 0 aliphatic carbocycles. The van der Waals surface area contributed by atoms with E-state index in [-0.39, 0.29) is 5.56 Å². The number of carbonyl (C=O) groups is 3. The standard InChI is InChI=1S/C16H16N2O4S/c1-9-4-3-5-11(8-9)16(21)22-10(2)14(20)18-15-12(13(17)19)6-7-23-15/h3-8,10H,1-2H3,(H2,17,19)(H,18,20). The Morgan fingerprint density at radius 3 is 2.65 bits per heavy atom. The second-order valence-electron chi connectivity index (χ2n) is 4.93. The van der Waals surface area contributed by atoms with Crippen molar-refractivity contribution in [3.63, 3.8) is 0 Å². The average Bonchev–Trinajstić information content (AvgIpc) is 2.95. The van der Waals surface area contributed by atoms with E-state index in [4.69, 9.17) is 10.5 Å². The molecule has 0 spiro atoms. The summed E-state index contributed by atoms with van der Waals surface area (Å²) in [6.45, 7) is 3.32. The molecule has 7 heteroatoms. The van der Waals surface area contributed by atoms with Crippen LogP contribution in [0, 0.1) is 6.92 Å². The van der Waals surface area contributed by atoms with E-state index < -0.39 is 23.9 Å². The third-order valence-electron chi connectivity index (χ3n) is 3.07. The molecule has 0 aliphatic rings. The van der Waals surface area contributed by atoms with Crippen molar-refractivity contribution in [1.82, 2.24) is 0 Å². The Morgan fingerprint density at radius 2 is 2.00 bits per heavy atom. The third-order valence-corrected chi connectivity index (χ3v) is 3.90. The van der Waals surface area contributed by atoms with Crippen LogP contribution in [0.15, 0.2) is 35.7 Å². The SMILES string of the molecule is Cc1cccc(C(=O)OC(C)C(=O)Nc2sccc2C(N)=O)c1. The Balaban J connectivity index is 2.01. The number of ether oxygens (including phenoxy) is 1. The van der Waals surface area contributed by atoms with Crippen molar-refractivity contribution >= 4 is 34.1 Å². The molecule has 2 amide bonds. The normalized spacial score (nSPS) is 11.6. The number of aryl methyl sites for hydroxylation is 1. The van der Waals surface area contributed by atoms with Gasteiger partial charge in [0.15, 0.2) is 6.10 Å². The minimum atomic E-state index is -1.01. The van der Waals surface area contributed by atoms with Crippen molar-refractivity contribution in [2.24, 2.45) is 5.73 Å². The maximum absolute atomic E-state index is 12.1. The number of nitrogens with one attached hydrogen (secondary N) is 1. The summed E-state index contributed by atoms with van der Waals surface area (Å²) < 4.78 is 5.14. The third kappa shape index (κ3) is 4.17. The van der Waals surface area contributed by atoms with Crippen LogP contribution in [0.3, 0.4) is 0 Å². The van der Waals surface area contributed by atoms with E-state index >= 15 is 0 Å². The number of amides is 2. The van der Waals surface area contributed by atoms with Crippen LogP contribution < -0.4 is 11.1 Å². The van der Waals surface area contributed by atoms with Crippen molar-refractivity contribution in [1.29, 1.82) is 0 Å². The van der Waals surface area contributed by atoms with Crippen LogP contribution in [0.1, 0.15) is 33.2 Å². The minimum absolute atomic E-state index is 0.223. The van der Waals surface area contributed by atoms with Gasteiger partial charge in [-0.25, -0.2) is 4.79 Å². The highest BCUT2D eigenvalue weighted by Crippen LogP contribution is 2.23. The van der Waals surface area contributed by atoms with Crippen molar-refractivity contribution in [3.8, 4) is 0 Å². The number of esters is 1. The number of carbonyl (C=O) groups excluding carboxylic acids is 3. The largest absolute Gasteiger partial charge is 0.449 e. The van der Waals surface area contributed by atoms with Crippen LogP contribution in [0.2, 0.25) is 0 Å². The van der Waals surface area contributed by atoms with Gasteiger partial charge in [-0.05, 0) is 37.4 Å². The van der Waals surface area contributed by atoms with Crippen LogP contribution in [0.5, 0.6) is 0 Å². The summed E-state index contributed by atoms with van der Waals surface area (Å²) in [6.07, 6.45) is -1.01. The Hall–Kier alpha value is -2.67. The molecule has 1 atom stereocenters. The van der Waals surface area contributed by atoms with Crippen molar-refractivity contribution < 1.29 is 19.1 Å². The molecule has 0 saturated carbocycles. The molecule has 0 aliphatic heterocycles. The van der Waals surface area contributed by atoms with Crippen molar-refractivity contribution in [2.45, 2.75) is 20.0 Å². The van der Waals surface area contributed by atoms with Gasteiger partial charge in [0.1, 0.15) is 5.00 Å². The fourth-order valence-electron chi connectivity index (χ4n) is 1.87. The zero-order valence-electron chi connectivity index (χ0n) is 12.7. The van der Waals surface area contributed by atoms with Crippen LogP contribution in [0.25, 0.3) is 0 Å². The first-order chi connectivity index (χ1) is 10.9. The molecule has 0 bridgehead atoms. The fourth-order valence-corrected chi connectivity index (χ4v) is 2.66. The smallest absolute Gasteiger partial charge is 0.338 e. The van der Waals surface area contributed by atoms with E-state index in [1.54, 1.807) is 23.6 Å². The minimum Gasteiger partial charge on any atom is -0.449 e. The molecule has 1 heterocycles. The lowest BCUT2D eigenvalue weighted by atomic mass is 10.1. The quantitative estimate of drug-likeness (QED) is 0.821. The first-order valence-corrected chi connectivity index (χ1v) is 7.72. The molecule has 0 saturated heterocycles. The second kappa shape index (κ2) is 7.06. The highest BCUT2D eigenvalue weighted by Gasteiger charge is 2.21. The molecule has 120 valence electrons. The summed E-state index contributed by atoms with van der Waals surface area (Å²) in [6, 6.07) is 8.41. The van der Waals surface area contributed by atoms with E-state index in [1.807, 2.05) is 13.0 Å². The number of rotatable bonds is 5. The predicted octanol–water partition coefficient (Wildman–Crippen LogP) is 2.34. The number of benzene rings is 1. The van der Waals surface area contributed by atoms with Gasteiger partial charge < -0.3 is 15.8 Å². The van der Waals surface area contributed by atoms with Crippen molar-refractivity contribution in [3.05, 3.63) is 52.4 Å². The molecule has 1 aromatic heterocycles. The van der Waals surface area contributed by atoms with Gasteiger partial charge in [0.05, 0.1) is 11.1 Å². The van der Waals surface area contributed by atoms with E-state index in [0.717, 1.165) is 5.56 Å². The molecule has 0 radical (unpaired) electrons.